The lowest BCUT2D eigenvalue weighted by molar-refractivity contribution is 0.415. The van der Waals surface area contributed by atoms with Crippen molar-refractivity contribution in [2.75, 3.05) is 17.7 Å². The van der Waals surface area contributed by atoms with Gasteiger partial charge in [-0.1, -0.05) is 29.8 Å². The summed E-state index contributed by atoms with van der Waals surface area (Å²) >= 11 is 11.5. The van der Waals surface area contributed by atoms with Gasteiger partial charge >= 0.3 is 0 Å². The van der Waals surface area contributed by atoms with Gasteiger partial charge in [-0.05, 0) is 42.0 Å². The molecule has 3 rings (SSSR count). The molecule has 0 atom stereocenters. The smallest absolute Gasteiger partial charge is 0.176 e. The number of rotatable bonds is 5. The predicted molar refractivity (Wildman–Crippen MR) is 106 cm³/mol. The van der Waals surface area contributed by atoms with E-state index in [1.165, 1.54) is 12.1 Å². The van der Waals surface area contributed by atoms with E-state index in [1.807, 2.05) is 30.3 Å². The van der Waals surface area contributed by atoms with Crippen molar-refractivity contribution in [1.29, 1.82) is 0 Å². The van der Waals surface area contributed by atoms with Crippen LogP contribution in [0.2, 0.25) is 5.02 Å². The summed E-state index contributed by atoms with van der Waals surface area (Å²) < 4.78 is 20.1. The van der Waals surface area contributed by atoms with Crippen molar-refractivity contribution in [1.82, 2.24) is 9.78 Å². The summed E-state index contributed by atoms with van der Waals surface area (Å²) in [5.41, 5.74) is 1.56. The fraction of sp³-hybridized carbons (Fsp3) is 0.111. The monoisotopic (exact) mass is 390 g/mol. The zero-order chi connectivity index (χ0) is 18.5. The van der Waals surface area contributed by atoms with Crippen LogP contribution in [0.15, 0.2) is 54.7 Å². The van der Waals surface area contributed by atoms with Gasteiger partial charge in [0, 0.05) is 18.0 Å². The second-order valence-electron chi connectivity index (χ2n) is 5.46. The molecule has 0 aliphatic carbocycles. The SMILES string of the molecule is COc1cccc(NC(=S)Nc2nn(Cc3cccc(F)c3)cc2Cl)c1. The molecule has 3 aromatic rings. The third-order valence-electron chi connectivity index (χ3n) is 3.51. The van der Waals surface area contributed by atoms with Gasteiger partial charge in [0.2, 0.25) is 0 Å². The Bertz CT molecular complexity index is 931. The summed E-state index contributed by atoms with van der Waals surface area (Å²) in [6, 6.07) is 13.7. The molecule has 5 nitrogen and oxygen atoms in total. The van der Waals surface area contributed by atoms with Gasteiger partial charge in [-0.15, -0.1) is 0 Å². The summed E-state index contributed by atoms with van der Waals surface area (Å²) in [7, 11) is 1.60. The lowest BCUT2D eigenvalue weighted by Gasteiger charge is -2.10. The Morgan fingerprint density at radius 3 is 2.81 bits per heavy atom. The van der Waals surface area contributed by atoms with Crippen molar-refractivity contribution in [2.45, 2.75) is 6.54 Å². The number of thiocarbonyl (C=S) groups is 1. The molecule has 0 saturated heterocycles. The molecule has 0 fully saturated rings. The van der Waals surface area contributed by atoms with E-state index < -0.39 is 0 Å². The first kappa shape index (κ1) is 18.2. The van der Waals surface area contributed by atoms with Crippen LogP contribution < -0.4 is 15.4 Å². The highest BCUT2D eigenvalue weighted by atomic mass is 35.5. The number of methoxy groups -OCH3 is 1. The molecule has 8 heteroatoms. The Hall–Kier alpha value is -2.64. The summed E-state index contributed by atoms with van der Waals surface area (Å²) in [6.45, 7) is 0.398. The van der Waals surface area contributed by atoms with Crippen LogP contribution in [0.5, 0.6) is 5.75 Å². The Kier molecular flexibility index (Phi) is 5.70. The molecule has 1 heterocycles. The van der Waals surface area contributed by atoms with E-state index in [2.05, 4.69) is 15.7 Å². The number of halogens is 2. The van der Waals surface area contributed by atoms with E-state index in [9.17, 15) is 4.39 Å². The van der Waals surface area contributed by atoms with Gasteiger partial charge in [-0.3, -0.25) is 4.68 Å². The molecule has 0 aliphatic rings. The van der Waals surface area contributed by atoms with E-state index in [0.717, 1.165) is 17.0 Å². The average Bonchev–Trinajstić information content (AvgIpc) is 2.94. The molecule has 1 aromatic heterocycles. The van der Waals surface area contributed by atoms with Crippen LogP contribution in [0.3, 0.4) is 0 Å². The zero-order valence-electron chi connectivity index (χ0n) is 13.9. The third kappa shape index (κ3) is 4.71. The highest BCUT2D eigenvalue weighted by Gasteiger charge is 2.10. The van der Waals surface area contributed by atoms with E-state index in [4.69, 9.17) is 28.6 Å². The van der Waals surface area contributed by atoms with Gasteiger partial charge in [-0.25, -0.2) is 4.39 Å². The van der Waals surface area contributed by atoms with Crippen LogP contribution in [0.1, 0.15) is 5.56 Å². The molecule has 0 aliphatic heterocycles. The zero-order valence-corrected chi connectivity index (χ0v) is 15.4. The summed E-state index contributed by atoms with van der Waals surface area (Å²) in [4.78, 5) is 0. The number of nitrogens with one attached hydrogen (secondary N) is 2. The van der Waals surface area contributed by atoms with Gasteiger partial charge < -0.3 is 15.4 Å². The number of nitrogens with zero attached hydrogens (tertiary/aromatic N) is 2. The van der Waals surface area contributed by atoms with Crippen molar-refractivity contribution in [3.05, 3.63) is 71.1 Å². The molecule has 134 valence electrons. The van der Waals surface area contributed by atoms with Gasteiger partial charge in [-0.2, -0.15) is 5.10 Å². The second-order valence-corrected chi connectivity index (χ2v) is 6.28. The van der Waals surface area contributed by atoms with E-state index in [-0.39, 0.29) is 5.82 Å². The molecule has 2 aromatic carbocycles. The number of hydrogen-bond donors (Lipinski definition) is 2. The van der Waals surface area contributed by atoms with Crippen LogP contribution in [0, 0.1) is 5.82 Å². The standard InChI is InChI=1S/C18H16ClFN4OS/c1-25-15-7-3-6-14(9-15)21-18(26)22-17-16(19)11-24(23-17)10-12-4-2-5-13(20)8-12/h2-9,11H,10H2,1H3,(H2,21,22,23,26). The topological polar surface area (TPSA) is 51.1 Å². The summed E-state index contributed by atoms with van der Waals surface area (Å²) in [5, 5.41) is 11.1. The number of benzene rings is 2. The van der Waals surface area contributed by atoms with Crippen molar-refractivity contribution >= 4 is 40.4 Å². The van der Waals surface area contributed by atoms with Gasteiger partial charge in [0.25, 0.3) is 0 Å². The summed E-state index contributed by atoms with van der Waals surface area (Å²) in [6.07, 6.45) is 1.66. The first-order valence-electron chi connectivity index (χ1n) is 7.73. The lowest BCUT2D eigenvalue weighted by Crippen LogP contribution is -2.19. The first-order chi connectivity index (χ1) is 12.5. The Morgan fingerprint density at radius 1 is 1.23 bits per heavy atom. The maximum absolute atomic E-state index is 13.3. The fourth-order valence-corrected chi connectivity index (χ4v) is 2.77. The minimum atomic E-state index is -0.289. The predicted octanol–water partition coefficient (Wildman–Crippen LogP) is 4.54. The van der Waals surface area contributed by atoms with E-state index in [1.54, 1.807) is 24.1 Å². The van der Waals surface area contributed by atoms with Gasteiger partial charge in [0.15, 0.2) is 10.9 Å². The molecule has 0 saturated carbocycles. The van der Waals surface area contributed by atoms with Crippen LogP contribution in [-0.2, 0) is 6.54 Å². The Morgan fingerprint density at radius 2 is 2.04 bits per heavy atom. The highest BCUT2D eigenvalue weighted by Crippen LogP contribution is 2.21. The lowest BCUT2D eigenvalue weighted by atomic mass is 10.2. The molecule has 0 spiro atoms. The number of hydrogen-bond acceptors (Lipinski definition) is 3. The quantitative estimate of drug-likeness (QED) is 0.626. The first-order valence-corrected chi connectivity index (χ1v) is 8.51. The number of ether oxygens (including phenoxy) is 1. The van der Waals surface area contributed by atoms with E-state index in [0.29, 0.717) is 22.5 Å². The van der Waals surface area contributed by atoms with E-state index >= 15 is 0 Å². The summed E-state index contributed by atoms with van der Waals surface area (Å²) in [5.74, 6) is 0.849. The molecule has 2 N–H and O–H groups in total. The molecular formula is C18H16ClFN4OS. The van der Waals surface area contributed by atoms with Crippen LogP contribution in [0.4, 0.5) is 15.9 Å². The molecule has 0 bridgehead atoms. The third-order valence-corrected chi connectivity index (χ3v) is 3.99. The van der Waals surface area contributed by atoms with Gasteiger partial charge in [0.1, 0.15) is 16.6 Å². The minimum absolute atomic E-state index is 0.289. The van der Waals surface area contributed by atoms with Crippen molar-refractivity contribution < 1.29 is 9.13 Å². The molecule has 0 unspecified atom stereocenters. The van der Waals surface area contributed by atoms with Crippen molar-refractivity contribution in [2.24, 2.45) is 0 Å². The molecule has 0 radical (unpaired) electrons. The number of aromatic nitrogens is 2. The van der Waals surface area contributed by atoms with Crippen LogP contribution in [-0.4, -0.2) is 22.0 Å². The second kappa shape index (κ2) is 8.16. The Balaban J connectivity index is 1.66. The molecule has 0 amide bonds. The van der Waals surface area contributed by atoms with Crippen LogP contribution >= 0.6 is 23.8 Å². The van der Waals surface area contributed by atoms with Gasteiger partial charge in [0.05, 0.1) is 13.7 Å². The van der Waals surface area contributed by atoms with Crippen molar-refractivity contribution in [3.63, 3.8) is 0 Å². The average molecular weight is 391 g/mol. The maximum Gasteiger partial charge on any atom is 0.176 e. The normalized spacial score (nSPS) is 10.4. The largest absolute Gasteiger partial charge is 0.497 e. The molecular weight excluding hydrogens is 375 g/mol. The fourth-order valence-electron chi connectivity index (χ4n) is 2.36. The maximum atomic E-state index is 13.3. The van der Waals surface area contributed by atoms with Crippen molar-refractivity contribution in [3.8, 4) is 5.75 Å². The minimum Gasteiger partial charge on any atom is -0.497 e. The number of anilines is 2. The van der Waals surface area contributed by atoms with Crippen LogP contribution in [0.25, 0.3) is 0 Å². The highest BCUT2D eigenvalue weighted by molar-refractivity contribution is 7.80. The Labute approximate surface area is 160 Å². The molecule has 26 heavy (non-hydrogen) atoms.